The van der Waals surface area contributed by atoms with Crippen LogP contribution in [-0.4, -0.2) is 21.8 Å². The molecule has 0 bridgehead atoms. The Balaban J connectivity index is 1.96. The average Bonchev–Trinajstić information content (AvgIpc) is 2.84. The third kappa shape index (κ3) is 3.46. The van der Waals surface area contributed by atoms with Crippen molar-refractivity contribution in [3.8, 4) is 0 Å². The highest BCUT2D eigenvalue weighted by Gasteiger charge is 2.14. The molecule has 1 heterocycles. The highest BCUT2D eigenvalue weighted by atomic mass is 35.5. The first-order valence-corrected chi connectivity index (χ1v) is 6.64. The Morgan fingerprint density at radius 3 is 3.06 bits per heavy atom. The summed E-state index contributed by atoms with van der Waals surface area (Å²) < 4.78 is 4.90. The van der Waals surface area contributed by atoms with Gasteiger partial charge in [-0.1, -0.05) is 22.8 Å². The maximum Gasteiger partial charge on any atom is 0.256 e. The van der Waals surface area contributed by atoms with Crippen LogP contribution in [0.4, 0.5) is 0 Å². The van der Waals surface area contributed by atoms with Crippen molar-refractivity contribution in [1.29, 1.82) is 0 Å². The number of benzene rings is 1. The Morgan fingerprint density at radius 1 is 1.50 bits per heavy atom. The number of aliphatic hydroxyl groups is 1. The van der Waals surface area contributed by atoms with Crippen LogP contribution in [0.2, 0.25) is 5.02 Å². The van der Waals surface area contributed by atoms with Crippen molar-refractivity contribution < 1.29 is 9.63 Å². The summed E-state index contributed by atoms with van der Waals surface area (Å²) in [6, 6.07) is 7.51. The monoisotopic (exact) mass is 285 g/mol. The Kier molecular flexibility index (Phi) is 4.60. The summed E-state index contributed by atoms with van der Waals surface area (Å²) >= 11 is 7.42. The molecular formula is C11H12ClN3O2S. The number of thioether (sulfide) groups is 1. The van der Waals surface area contributed by atoms with E-state index >= 15 is 0 Å². The molecular weight excluding hydrogens is 274 g/mol. The van der Waals surface area contributed by atoms with Gasteiger partial charge in [-0.15, -0.1) is 11.8 Å². The maximum absolute atomic E-state index is 9.42. The molecule has 96 valence electrons. The van der Waals surface area contributed by atoms with Crippen molar-refractivity contribution >= 4 is 23.4 Å². The zero-order valence-electron chi connectivity index (χ0n) is 9.41. The minimum atomic E-state index is -0.901. The molecule has 1 aromatic heterocycles. The summed E-state index contributed by atoms with van der Waals surface area (Å²) in [6.45, 7) is 0.0586. The van der Waals surface area contributed by atoms with Gasteiger partial charge >= 0.3 is 0 Å². The van der Waals surface area contributed by atoms with Gasteiger partial charge in [0.25, 0.3) is 5.89 Å². The van der Waals surface area contributed by atoms with E-state index < -0.39 is 6.10 Å². The molecule has 2 aromatic rings. The number of nitrogens with zero attached hydrogens (tertiary/aromatic N) is 2. The van der Waals surface area contributed by atoms with E-state index in [0.29, 0.717) is 16.6 Å². The lowest BCUT2D eigenvalue weighted by Crippen LogP contribution is -2.11. The van der Waals surface area contributed by atoms with Crippen molar-refractivity contribution in [3.05, 3.63) is 41.0 Å². The molecule has 3 N–H and O–H groups in total. The number of aromatic nitrogens is 2. The second-order valence-corrected chi connectivity index (χ2v) is 5.03. The van der Waals surface area contributed by atoms with Gasteiger partial charge in [-0.05, 0) is 18.2 Å². The summed E-state index contributed by atoms with van der Waals surface area (Å²) in [7, 11) is 0. The topological polar surface area (TPSA) is 85.2 Å². The van der Waals surface area contributed by atoms with Gasteiger partial charge in [0.1, 0.15) is 6.10 Å². The predicted octanol–water partition coefficient (Wildman–Crippen LogP) is 2.01. The van der Waals surface area contributed by atoms with Gasteiger partial charge in [-0.25, -0.2) is 0 Å². The third-order valence-corrected chi connectivity index (χ3v) is 3.38. The van der Waals surface area contributed by atoms with Crippen LogP contribution < -0.4 is 5.73 Å². The molecule has 0 amide bonds. The zero-order chi connectivity index (χ0) is 13.0. The zero-order valence-corrected chi connectivity index (χ0v) is 11.0. The highest BCUT2D eigenvalue weighted by molar-refractivity contribution is 7.98. The number of rotatable bonds is 5. The Hall–Kier alpha value is -1.08. The molecule has 0 spiro atoms. The average molecular weight is 286 g/mol. The van der Waals surface area contributed by atoms with E-state index in [9.17, 15) is 5.11 Å². The molecule has 0 saturated heterocycles. The largest absolute Gasteiger partial charge is 0.382 e. The van der Waals surface area contributed by atoms with Crippen molar-refractivity contribution in [2.24, 2.45) is 5.73 Å². The van der Waals surface area contributed by atoms with Crippen molar-refractivity contribution in [1.82, 2.24) is 10.1 Å². The second-order valence-electron chi connectivity index (χ2n) is 3.55. The third-order valence-electron chi connectivity index (χ3n) is 2.16. The van der Waals surface area contributed by atoms with Crippen molar-refractivity contribution in [3.63, 3.8) is 0 Å². The van der Waals surface area contributed by atoms with Crippen molar-refractivity contribution in [2.45, 2.75) is 16.8 Å². The van der Waals surface area contributed by atoms with E-state index in [0.717, 1.165) is 4.90 Å². The molecule has 2 rings (SSSR count). The Morgan fingerprint density at radius 2 is 2.33 bits per heavy atom. The van der Waals surface area contributed by atoms with Gasteiger partial charge in [0.05, 0.1) is 5.75 Å². The van der Waals surface area contributed by atoms with E-state index in [1.807, 2.05) is 24.3 Å². The molecule has 5 nitrogen and oxygen atoms in total. The van der Waals surface area contributed by atoms with E-state index in [2.05, 4.69) is 10.1 Å². The molecule has 1 aromatic carbocycles. The molecule has 0 aliphatic heterocycles. The fraction of sp³-hybridized carbons (Fsp3) is 0.273. The number of aliphatic hydroxyl groups excluding tert-OH is 1. The summed E-state index contributed by atoms with van der Waals surface area (Å²) in [5.41, 5.74) is 5.30. The molecule has 0 saturated carbocycles. The normalized spacial score (nSPS) is 12.6. The first-order chi connectivity index (χ1) is 8.69. The summed E-state index contributed by atoms with van der Waals surface area (Å²) in [6.07, 6.45) is -0.901. The van der Waals surface area contributed by atoms with Crippen LogP contribution in [0.1, 0.15) is 17.8 Å². The number of halogens is 1. The summed E-state index contributed by atoms with van der Waals surface area (Å²) in [5.74, 6) is 1.21. The maximum atomic E-state index is 9.42. The lowest BCUT2D eigenvalue weighted by molar-refractivity contribution is 0.141. The fourth-order valence-corrected chi connectivity index (χ4v) is 2.32. The highest BCUT2D eigenvalue weighted by Crippen LogP contribution is 2.24. The summed E-state index contributed by atoms with van der Waals surface area (Å²) in [5, 5.41) is 13.9. The minimum absolute atomic E-state index is 0.0586. The number of hydrogen-bond donors (Lipinski definition) is 2. The van der Waals surface area contributed by atoms with Crippen LogP contribution in [0, 0.1) is 0 Å². The molecule has 18 heavy (non-hydrogen) atoms. The number of hydrogen-bond acceptors (Lipinski definition) is 6. The van der Waals surface area contributed by atoms with Crippen LogP contribution in [0.15, 0.2) is 33.7 Å². The fourth-order valence-electron chi connectivity index (χ4n) is 1.27. The van der Waals surface area contributed by atoms with Crippen LogP contribution in [0.5, 0.6) is 0 Å². The molecule has 0 aliphatic rings. The Bertz CT molecular complexity index is 520. The Labute approximate surface area is 113 Å². The minimum Gasteiger partial charge on any atom is -0.382 e. The van der Waals surface area contributed by atoms with Gasteiger partial charge in [0.15, 0.2) is 5.82 Å². The van der Waals surface area contributed by atoms with Gasteiger partial charge in [0, 0.05) is 16.5 Å². The summed E-state index contributed by atoms with van der Waals surface area (Å²) in [4.78, 5) is 5.08. The van der Waals surface area contributed by atoms with Crippen LogP contribution in [0.25, 0.3) is 0 Å². The lowest BCUT2D eigenvalue weighted by Gasteiger charge is -1.99. The molecule has 1 atom stereocenters. The molecule has 0 radical (unpaired) electrons. The first kappa shape index (κ1) is 13.4. The second kappa shape index (κ2) is 6.19. The number of nitrogens with two attached hydrogens (primary N) is 1. The van der Waals surface area contributed by atoms with Gasteiger partial charge in [-0.2, -0.15) is 4.98 Å². The standard InChI is InChI=1S/C11H12ClN3O2S/c12-7-2-1-3-8(4-7)18-6-10-14-11(17-15-10)9(16)5-13/h1-4,9,16H,5-6,13H2. The van der Waals surface area contributed by atoms with Gasteiger partial charge in [0.2, 0.25) is 0 Å². The van der Waals surface area contributed by atoms with E-state index in [-0.39, 0.29) is 12.4 Å². The van der Waals surface area contributed by atoms with Crippen LogP contribution >= 0.6 is 23.4 Å². The molecule has 0 aliphatic carbocycles. The van der Waals surface area contributed by atoms with Crippen molar-refractivity contribution in [2.75, 3.05) is 6.54 Å². The SMILES string of the molecule is NCC(O)c1nc(CSc2cccc(Cl)c2)no1. The van der Waals surface area contributed by atoms with Gasteiger partial charge in [-0.3, -0.25) is 0 Å². The predicted molar refractivity (Wildman–Crippen MR) is 69.3 cm³/mol. The quantitative estimate of drug-likeness (QED) is 0.818. The molecule has 7 heteroatoms. The lowest BCUT2D eigenvalue weighted by atomic mass is 10.4. The van der Waals surface area contributed by atoms with E-state index in [1.165, 1.54) is 11.8 Å². The first-order valence-electron chi connectivity index (χ1n) is 5.28. The van der Waals surface area contributed by atoms with E-state index in [4.69, 9.17) is 21.9 Å². The van der Waals surface area contributed by atoms with Gasteiger partial charge < -0.3 is 15.4 Å². The molecule has 1 unspecified atom stereocenters. The smallest absolute Gasteiger partial charge is 0.256 e. The van der Waals surface area contributed by atoms with E-state index in [1.54, 1.807) is 0 Å². The molecule has 0 fully saturated rings. The van der Waals surface area contributed by atoms with Crippen LogP contribution in [-0.2, 0) is 5.75 Å². The van der Waals surface area contributed by atoms with Crippen LogP contribution in [0.3, 0.4) is 0 Å².